The largest absolute Gasteiger partial charge is 0.380 e. The molecule has 0 aromatic carbocycles. The summed E-state index contributed by atoms with van der Waals surface area (Å²) in [6, 6.07) is 2.99. The van der Waals surface area contributed by atoms with E-state index in [0.29, 0.717) is 25.6 Å². The SMILES string of the molecule is CCOCCNc1ccc([N+](=O)[O-])cn1. The third kappa shape index (κ3) is 3.90. The molecular formula is C9H13N3O3. The second-order valence-corrected chi connectivity index (χ2v) is 2.78. The minimum absolute atomic E-state index is 0.00893. The summed E-state index contributed by atoms with van der Waals surface area (Å²) in [6.07, 6.45) is 1.23. The Hall–Kier alpha value is -1.69. The van der Waals surface area contributed by atoms with Gasteiger partial charge in [-0.15, -0.1) is 0 Å². The molecule has 1 aromatic heterocycles. The Balaban J connectivity index is 2.39. The van der Waals surface area contributed by atoms with Crippen molar-refractivity contribution < 1.29 is 9.66 Å². The molecule has 0 unspecified atom stereocenters. The standard InChI is InChI=1S/C9H13N3O3/c1-2-15-6-5-10-9-4-3-8(7-11-9)12(13)14/h3-4,7H,2,5-6H2,1H3,(H,10,11). The first kappa shape index (κ1) is 11.4. The molecule has 0 atom stereocenters. The van der Waals surface area contributed by atoms with Crippen molar-refractivity contribution >= 4 is 11.5 Å². The lowest BCUT2D eigenvalue weighted by molar-refractivity contribution is -0.385. The van der Waals surface area contributed by atoms with Crippen LogP contribution in [0.2, 0.25) is 0 Å². The Labute approximate surface area is 87.4 Å². The van der Waals surface area contributed by atoms with E-state index >= 15 is 0 Å². The van der Waals surface area contributed by atoms with Gasteiger partial charge in [0, 0.05) is 19.2 Å². The number of nitrogens with one attached hydrogen (secondary N) is 1. The molecule has 0 aliphatic rings. The van der Waals surface area contributed by atoms with E-state index in [2.05, 4.69) is 10.3 Å². The molecule has 0 fully saturated rings. The highest BCUT2D eigenvalue weighted by Gasteiger charge is 2.04. The molecule has 0 bridgehead atoms. The molecule has 0 spiro atoms. The molecule has 6 heteroatoms. The lowest BCUT2D eigenvalue weighted by Gasteiger charge is -2.04. The molecular weight excluding hydrogens is 198 g/mol. The molecule has 1 heterocycles. The molecule has 1 rings (SSSR count). The molecule has 0 saturated heterocycles. The first-order valence-electron chi connectivity index (χ1n) is 4.66. The Morgan fingerprint density at radius 1 is 1.60 bits per heavy atom. The van der Waals surface area contributed by atoms with Crippen molar-refractivity contribution in [1.82, 2.24) is 4.98 Å². The number of anilines is 1. The number of hydrogen-bond acceptors (Lipinski definition) is 5. The van der Waals surface area contributed by atoms with E-state index in [9.17, 15) is 10.1 Å². The summed E-state index contributed by atoms with van der Waals surface area (Å²) in [5.74, 6) is 0.611. The van der Waals surface area contributed by atoms with Crippen LogP contribution < -0.4 is 5.32 Å². The van der Waals surface area contributed by atoms with Gasteiger partial charge in [0.1, 0.15) is 12.0 Å². The van der Waals surface area contributed by atoms with Crippen LogP contribution in [0.15, 0.2) is 18.3 Å². The summed E-state index contributed by atoms with van der Waals surface area (Å²) < 4.78 is 5.12. The molecule has 1 aromatic rings. The van der Waals surface area contributed by atoms with Crippen LogP contribution in [0.25, 0.3) is 0 Å². The summed E-state index contributed by atoms with van der Waals surface area (Å²) >= 11 is 0. The highest BCUT2D eigenvalue weighted by Crippen LogP contribution is 2.11. The molecule has 82 valence electrons. The van der Waals surface area contributed by atoms with Crippen molar-refractivity contribution in [3.63, 3.8) is 0 Å². The number of nitro groups is 1. The van der Waals surface area contributed by atoms with Crippen molar-refractivity contribution in [2.75, 3.05) is 25.1 Å². The summed E-state index contributed by atoms with van der Waals surface area (Å²) in [5, 5.41) is 13.3. The van der Waals surface area contributed by atoms with Crippen molar-refractivity contribution in [3.05, 3.63) is 28.4 Å². The van der Waals surface area contributed by atoms with Crippen molar-refractivity contribution in [2.24, 2.45) is 0 Å². The number of aromatic nitrogens is 1. The van der Waals surface area contributed by atoms with Crippen LogP contribution in [-0.4, -0.2) is 29.7 Å². The van der Waals surface area contributed by atoms with Crippen LogP contribution in [0.1, 0.15) is 6.92 Å². The van der Waals surface area contributed by atoms with Gasteiger partial charge in [-0.25, -0.2) is 4.98 Å². The summed E-state index contributed by atoms with van der Waals surface area (Å²) in [4.78, 5) is 13.8. The number of ether oxygens (including phenoxy) is 1. The van der Waals surface area contributed by atoms with E-state index < -0.39 is 4.92 Å². The van der Waals surface area contributed by atoms with Gasteiger partial charge < -0.3 is 10.1 Å². The van der Waals surface area contributed by atoms with E-state index in [1.807, 2.05) is 6.92 Å². The predicted molar refractivity (Wildman–Crippen MR) is 55.9 cm³/mol. The minimum Gasteiger partial charge on any atom is -0.380 e. The van der Waals surface area contributed by atoms with Gasteiger partial charge in [-0.2, -0.15) is 0 Å². The lowest BCUT2D eigenvalue weighted by atomic mass is 10.4. The molecule has 0 radical (unpaired) electrons. The highest BCUT2D eigenvalue weighted by atomic mass is 16.6. The second kappa shape index (κ2) is 5.92. The van der Waals surface area contributed by atoms with E-state index in [4.69, 9.17) is 4.74 Å². The van der Waals surface area contributed by atoms with Gasteiger partial charge in [-0.05, 0) is 13.0 Å². The average Bonchev–Trinajstić information content (AvgIpc) is 2.25. The fourth-order valence-corrected chi connectivity index (χ4v) is 0.994. The van der Waals surface area contributed by atoms with Gasteiger partial charge in [0.05, 0.1) is 11.5 Å². The van der Waals surface area contributed by atoms with Gasteiger partial charge in [0.15, 0.2) is 0 Å². The van der Waals surface area contributed by atoms with Crippen molar-refractivity contribution in [2.45, 2.75) is 6.92 Å². The Kier molecular flexibility index (Phi) is 4.49. The van der Waals surface area contributed by atoms with Gasteiger partial charge in [0.25, 0.3) is 5.69 Å². The average molecular weight is 211 g/mol. The van der Waals surface area contributed by atoms with E-state index in [1.54, 1.807) is 6.07 Å². The molecule has 6 nitrogen and oxygen atoms in total. The lowest BCUT2D eigenvalue weighted by Crippen LogP contribution is -2.10. The topological polar surface area (TPSA) is 77.3 Å². The summed E-state index contributed by atoms with van der Waals surface area (Å²) in [5.41, 5.74) is -0.00893. The molecule has 0 amide bonds. The van der Waals surface area contributed by atoms with E-state index in [1.165, 1.54) is 12.3 Å². The summed E-state index contributed by atoms with van der Waals surface area (Å²) in [7, 11) is 0. The van der Waals surface area contributed by atoms with Gasteiger partial charge >= 0.3 is 0 Å². The monoisotopic (exact) mass is 211 g/mol. The Morgan fingerprint density at radius 2 is 2.40 bits per heavy atom. The van der Waals surface area contributed by atoms with Gasteiger partial charge in [-0.3, -0.25) is 10.1 Å². The van der Waals surface area contributed by atoms with Crippen LogP contribution in [0.3, 0.4) is 0 Å². The van der Waals surface area contributed by atoms with Crippen LogP contribution >= 0.6 is 0 Å². The Morgan fingerprint density at radius 3 is 2.93 bits per heavy atom. The zero-order valence-corrected chi connectivity index (χ0v) is 8.47. The molecule has 0 saturated carbocycles. The number of rotatable bonds is 6. The number of pyridine rings is 1. The number of nitrogens with zero attached hydrogens (tertiary/aromatic N) is 2. The maximum atomic E-state index is 10.3. The normalized spacial score (nSPS) is 9.93. The molecule has 0 aliphatic heterocycles. The predicted octanol–water partition coefficient (Wildman–Crippen LogP) is 1.44. The van der Waals surface area contributed by atoms with Crippen LogP contribution in [0.4, 0.5) is 11.5 Å². The number of hydrogen-bond donors (Lipinski definition) is 1. The van der Waals surface area contributed by atoms with Crippen LogP contribution in [0.5, 0.6) is 0 Å². The summed E-state index contributed by atoms with van der Waals surface area (Å²) in [6.45, 7) is 3.83. The van der Waals surface area contributed by atoms with Gasteiger partial charge in [-0.1, -0.05) is 0 Å². The smallest absolute Gasteiger partial charge is 0.287 e. The van der Waals surface area contributed by atoms with Crippen LogP contribution in [0, 0.1) is 10.1 Å². The fraction of sp³-hybridized carbons (Fsp3) is 0.444. The molecule has 1 N–H and O–H groups in total. The van der Waals surface area contributed by atoms with E-state index in [0.717, 1.165) is 0 Å². The third-order valence-electron chi connectivity index (χ3n) is 1.72. The highest BCUT2D eigenvalue weighted by molar-refractivity contribution is 5.39. The van der Waals surface area contributed by atoms with Crippen LogP contribution in [-0.2, 0) is 4.74 Å². The zero-order chi connectivity index (χ0) is 11.1. The second-order valence-electron chi connectivity index (χ2n) is 2.78. The minimum atomic E-state index is -0.475. The molecule has 15 heavy (non-hydrogen) atoms. The first-order chi connectivity index (χ1) is 7.24. The first-order valence-corrected chi connectivity index (χ1v) is 4.66. The zero-order valence-electron chi connectivity index (χ0n) is 8.47. The van der Waals surface area contributed by atoms with Crippen molar-refractivity contribution in [1.29, 1.82) is 0 Å². The molecule has 0 aliphatic carbocycles. The Bertz CT molecular complexity index is 313. The third-order valence-corrected chi connectivity index (χ3v) is 1.72. The fourth-order valence-electron chi connectivity index (χ4n) is 0.994. The van der Waals surface area contributed by atoms with Crippen molar-refractivity contribution in [3.8, 4) is 0 Å². The maximum absolute atomic E-state index is 10.3. The van der Waals surface area contributed by atoms with E-state index in [-0.39, 0.29) is 5.69 Å². The quantitative estimate of drug-likeness (QED) is 0.437. The maximum Gasteiger partial charge on any atom is 0.287 e. The van der Waals surface area contributed by atoms with Gasteiger partial charge in [0.2, 0.25) is 0 Å².